The van der Waals surface area contributed by atoms with E-state index in [0.29, 0.717) is 17.5 Å². The highest BCUT2D eigenvalue weighted by Gasteiger charge is 2.34. The van der Waals surface area contributed by atoms with Crippen LogP contribution in [0.15, 0.2) is 69.7 Å². The van der Waals surface area contributed by atoms with Crippen molar-refractivity contribution in [3.05, 3.63) is 72.2 Å². The van der Waals surface area contributed by atoms with E-state index in [4.69, 9.17) is 13.8 Å². The standard InChI is InChI=1S/C24H24N4O4/c1-24(2,3)20(23-26-21(28-32-23)16-8-6-5-7-9-16)25-22(29)18-14-19(31-27-18)15-10-12-17(30-4)13-11-15/h5-14,20H,1-4H3,(H,25,29)/t20-/m0/s1. The van der Waals surface area contributed by atoms with Crippen LogP contribution >= 0.6 is 0 Å². The first-order valence-electron chi connectivity index (χ1n) is 10.2. The number of amides is 1. The number of carbonyl (C=O) groups excluding carboxylic acids is 1. The zero-order chi connectivity index (χ0) is 22.7. The third-order valence-corrected chi connectivity index (χ3v) is 4.98. The van der Waals surface area contributed by atoms with Gasteiger partial charge in [0.15, 0.2) is 11.5 Å². The van der Waals surface area contributed by atoms with Gasteiger partial charge in [0.05, 0.1) is 7.11 Å². The quantitative estimate of drug-likeness (QED) is 0.461. The number of nitrogens with zero attached hydrogens (tertiary/aromatic N) is 3. The van der Waals surface area contributed by atoms with Crippen LogP contribution in [0.4, 0.5) is 0 Å². The maximum atomic E-state index is 13.0. The molecule has 164 valence electrons. The number of ether oxygens (including phenoxy) is 1. The SMILES string of the molecule is COc1ccc(-c2cc(C(=O)N[C@@H](c3nc(-c4ccccc4)no3)C(C)(C)C)no2)cc1. The zero-order valence-corrected chi connectivity index (χ0v) is 18.3. The molecule has 8 nitrogen and oxygen atoms in total. The lowest BCUT2D eigenvalue weighted by molar-refractivity contribution is 0.0871. The first-order valence-corrected chi connectivity index (χ1v) is 10.2. The fourth-order valence-corrected chi connectivity index (χ4v) is 3.18. The molecule has 4 rings (SSSR count). The van der Waals surface area contributed by atoms with Crippen molar-refractivity contribution in [2.75, 3.05) is 7.11 Å². The van der Waals surface area contributed by atoms with Gasteiger partial charge in [-0.3, -0.25) is 4.79 Å². The van der Waals surface area contributed by atoms with Crippen LogP contribution < -0.4 is 10.1 Å². The van der Waals surface area contributed by atoms with E-state index in [1.807, 2.05) is 75.4 Å². The second-order valence-electron chi connectivity index (χ2n) is 8.40. The summed E-state index contributed by atoms with van der Waals surface area (Å²) in [7, 11) is 1.60. The third kappa shape index (κ3) is 4.54. The van der Waals surface area contributed by atoms with Crippen molar-refractivity contribution in [2.24, 2.45) is 5.41 Å². The summed E-state index contributed by atoms with van der Waals surface area (Å²) in [5.74, 6) is 1.60. The second kappa shape index (κ2) is 8.66. The Morgan fingerprint density at radius 1 is 0.969 bits per heavy atom. The first-order chi connectivity index (χ1) is 15.3. The molecule has 2 heterocycles. The summed E-state index contributed by atoms with van der Waals surface area (Å²) in [5, 5.41) is 11.0. The lowest BCUT2D eigenvalue weighted by Gasteiger charge is -2.27. The molecule has 0 saturated carbocycles. The van der Waals surface area contributed by atoms with Gasteiger partial charge in [-0.05, 0) is 29.7 Å². The van der Waals surface area contributed by atoms with Gasteiger partial charge in [0.1, 0.15) is 11.8 Å². The van der Waals surface area contributed by atoms with Gasteiger partial charge >= 0.3 is 0 Å². The van der Waals surface area contributed by atoms with Gasteiger partial charge in [0.2, 0.25) is 11.7 Å². The minimum Gasteiger partial charge on any atom is -0.497 e. The maximum Gasteiger partial charge on any atom is 0.274 e. The van der Waals surface area contributed by atoms with Crippen LogP contribution in [0.3, 0.4) is 0 Å². The summed E-state index contributed by atoms with van der Waals surface area (Å²) in [6.07, 6.45) is 0. The molecule has 0 fully saturated rings. The molecule has 1 amide bonds. The third-order valence-electron chi connectivity index (χ3n) is 4.98. The van der Waals surface area contributed by atoms with E-state index in [2.05, 4.69) is 20.6 Å². The molecular weight excluding hydrogens is 408 g/mol. The van der Waals surface area contributed by atoms with E-state index in [0.717, 1.165) is 16.9 Å². The van der Waals surface area contributed by atoms with Crippen LogP contribution in [0.25, 0.3) is 22.7 Å². The van der Waals surface area contributed by atoms with Gasteiger partial charge in [-0.25, -0.2) is 0 Å². The van der Waals surface area contributed by atoms with Crippen molar-refractivity contribution >= 4 is 5.91 Å². The topological polar surface area (TPSA) is 103 Å². The molecule has 0 radical (unpaired) electrons. The smallest absolute Gasteiger partial charge is 0.274 e. The maximum absolute atomic E-state index is 13.0. The predicted molar refractivity (Wildman–Crippen MR) is 118 cm³/mol. The monoisotopic (exact) mass is 432 g/mol. The van der Waals surface area contributed by atoms with E-state index in [9.17, 15) is 4.79 Å². The van der Waals surface area contributed by atoms with Crippen molar-refractivity contribution in [1.29, 1.82) is 0 Å². The molecule has 2 aromatic carbocycles. The van der Waals surface area contributed by atoms with Gasteiger partial charge in [0.25, 0.3) is 5.91 Å². The number of methoxy groups -OCH3 is 1. The normalized spacial score (nSPS) is 12.4. The van der Waals surface area contributed by atoms with Crippen molar-refractivity contribution in [3.63, 3.8) is 0 Å². The number of hydrogen-bond acceptors (Lipinski definition) is 7. The summed E-state index contributed by atoms with van der Waals surface area (Å²) in [4.78, 5) is 17.5. The summed E-state index contributed by atoms with van der Waals surface area (Å²) in [6.45, 7) is 5.95. The number of aromatic nitrogens is 3. The summed E-state index contributed by atoms with van der Waals surface area (Å²) in [6, 6.07) is 17.9. The highest BCUT2D eigenvalue weighted by Crippen LogP contribution is 2.33. The largest absolute Gasteiger partial charge is 0.497 e. The minimum atomic E-state index is -0.527. The number of hydrogen-bond donors (Lipinski definition) is 1. The zero-order valence-electron chi connectivity index (χ0n) is 18.3. The van der Waals surface area contributed by atoms with Gasteiger partial charge in [0, 0.05) is 17.2 Å². The molecule has 0 bridgehead atoms. The molecule has 0 aliphatic rings. The Kier molecular flexibility index (Phi) is 5.77. The summed E-state index contributed by atoms with van der Waals surface area (Å²) < 4.78 is 16.1. The van der Waals surface area contributed by atoms with Crippen LogP contribution in [0.2, 0.25) is 0 Å². The van der Waals surface area contributed by atoms with Gasteiger partial charge in [-0.15, -0.1) is 0 Å². The Morgan fingerprint density at radius 2 is 1.69 bits per heavy atom. The highest BCUT2D eigenvalue weighted by atomic mass is 16.5. The molecule has 0 aliphatic heterocycles. The Balaban J connectivity index is 1.54. The van der Waals surface area contributed by atoms with Gasteiger partial charge < -0.3 is 19.1 Å². The van der Waals surface area contributed by atoms with Crippen LogP contribution in [0, 0.1) is 5.41 Å². The molecule has 4 aromatic rings. The number of carbonyl (C=O) groups is 1. The van der Waals surface area contributed by atoms with E-state index in [-0.39, 0.29) is 5.69 Å². The average molecular weight is 432 g/mol. The van der Waals surface area contributed by atoms with Crippen LogP contribution in [-0.2, 0) is 0 Å². The van der Waals surface area contributed by atoms with E-state index in [1.54, 1.807) is 13.2 Å². The van der Waals surface area contributed by atoms with Crippen LogP contribution in [0.1, 0.15) is 43.2 Å². The molecule has 0 spiro atoms. The summed E-state index contributed by atoms with van der Waals surface area (Å²) in [5.41, 5.74) is 1.39. The van der Waals surface area contributed by atoms with Crippen molar-refractivity contribution in [3.8, 4) is 28.5 Å². The van der Waals surface area contributed by atoms with E-state index < -0.39 is 17.4 Å². The van der Waals surface area contributed by atoms with E-state index in [1.165, 1.54) is 0 Å². The van der Waals surface area contributed by atoms with E-state index >= 15 is 0 Å². The first kappa shape index (κ1) is 21.3. The van der Waals surface area contributed by atoms with Crippen molar-refractivity contribution in [1.82, 2.24) is 20.6 Å². The second-order valence-corrected chi connectivity index (χ2v) is 8.40. The average Bonchev–Trinajstić information content (AvgIpc) is 3.47. The number of rotatable bonds is 6. The Labute approximate surface area is 185 Å². The lowest BCUT2D eigenvalue weighted by Crippen LogP contribution is -2.37. The Morgan fingerprint density at radius 3 is 2.34 bits per heavy atom. The predicted octanol–water partition coefficient (Wildman–Crippen LogP) is 4.92. The fraction of sp³-hybridized carbons (Fsp3) is 0.250. The Bertz CT molecular complexity index is 1190. The van der Waals surface area contributed by atoms with Crippen LogP contribution in [-0.4, -0.2) is 28.3 Å². The number of benzene rings is 2. The van der Waals surface area contributed by atoms with Gasteiger partial charge in [-0.1, -0.05) is 61.4 Å². The molecule has 2 aromatic heterocycles. The highest BCUT2D eigenvalue weighted by molar-refractivity contribution is 5.93. The molecule has 0 saturated heterocycles. The van der Waals surface area contributed by atoms with Crippen molar-refractivity contribution < 1.29 is 18.6 Å². The molecule has 1 N–H and O–H groups in total. The fourth-order valence-electron chi connectivity index (χ4n) is 3.18. The minimum absolute atomic E-state index is 0.160. The molecule has 0 unspecified atom stereocenters. The molecular formula is C24H24N4O4. The lowest BCUT2D eigenvalue weighted by atomic mass is 9.86. The van der Waals surface area contributed by atoms with Crippen LogP contribution in [0.5, 0.6) is 5.75 Å². The Hall–Kier alpha value is -3.94. The molecule has 0 aliphatic carbocycles. The number of nitrogens with one attached hydrogen (secondary N) is 1. The molecule has 8 heteroatoms. The molecule has 1 atom stereocenters. The van der Waals surface area contributed by atoms with Gasteiger partial charge in [-0.2, -0.15) is 4.98 Å². The molecule has 32 heavy (non-hydrogen) atoms. The summed E-state index contributed by atoms with van der Waals surface area (Å²) >= 11 is 0. The van der Waals surface area contributed by atoms with Crippen molar-refractivity contribution in [2.45, 2.75) is 26.8 Å².